The number of para-hydroxylation sites is 1. The Morgan fingerprint density at radius 1 is 0.731 bits per heavy atom. The van der Waals surface area contributed by atoms with E-state index in [1.165, 1.54) is 5.56 Å². The highest BCUT2D eigenvalue weighted by molar-refractivity contribution is 6.28. The van der Waals surface area contributed by atoms with Crippen LogP contribution in [-0.4, -0.2) is 10.8 Å². The monoisotopic (exact) mass is 335 g/mol. The van der Waals surface area contributed by atoms with Crippen molar-refractivity contribution in [3.8, 4) is 22.4 Å². The van der Waals surface area contributed by atoms with Crippen LogP contribution in [0.1, 0.15) is 27.0 Å². The number of hydrogen-bond donors (Lipinski definition) is 0. The van der Waals surface area contributed by atoms with Crippen molar-refractivity contribution in [2.75, 3.05) is 0 Å². The van der Waals surface area contributed by atoms with Crippen molar-refractivity contribution in [1.82, 2.24) is 4.98 Å². The maximum absolute atomic E-state index is 13.2. The average molecular weight is 335 g/mol. The van der Waals surface area contributed by atoms with Gasteiger partial charge in [0.1, 0.15) is 0 Å². The lowest BCUT2D eigenvalue weighted by Crippen LogP contribution is -2.01. The van der Waals surface area contributed by atoms with Crippen molar-refractivity contribution in [2.24, 2.45) is 0 Å². The first-order valence-corrected chi connectivity index (χ1v) is 8.79. The van der Waals surface area contributed by atoms with Crippen LogP contribution in [0.25, 0.3) is 33.3 Å². The highest BCUT2D eigenvalue weighted by atomic mass is 16.1. The van der Waals surface area contributed by atoms with Crippen molar-refractivity contribution in [1.29, 1.82) is 0 Å². The predicted molar refractivity (Wildman–Crippen MR) is 106 cm³/mol. The minimum absolute atomic E-state index is 0.0714. The molecule has 0 N–H and O–H groups in total. The van der Waals surface area contributed by atoms with E-state index in [9.17, 15) is 4.79 Å². The van der Waals surface area contributed by atoms with Crippen molar-refractivity contribution >= 4 is 16.7 Å². The van der Waals surface area contributed by atoms with Crippen molar-refractivity contribution in [3.63, 3.8) is 0 Å². The maximum Gasteiger partial charge on any atom is 0.196 e. The molecule has 0 spiro atoms. The topological polar surface area (TPSA) is 30.0 Å². The van der Waals surface area contributed by atoms with Crippen LogP contribution in [0.3, 0.4) is 0 Å². The normalized spacial score (nSPS) is 12.3. The molecule has 3 aromatic carbocycles. The van der Waals surface area contributed by atoms with Gasteiger partial charge in [0.05, 0.1) is 16.8 Å². The first-order chi connectivity index (χ1) is 12.6. The third kappa shape index (κ3) is 1.99. The molecule has 1 aromatic heterocycles. The van der Waals surface area contributed by atoms with Crippen LogP contribution >= 0.6 is 0 Å². The number of aryl methyl sites for hydroxylation is 2. The van der Waals surface area contributed by atoms with E-state index in [4.69, 9.17) is 4.98 Å². The van der Waals surface area contributed by atoms with Gasteiger partial charge in [-0.05, 0) is 25.0 Å². The van der Waals surface area contributed by atoms with E-state index in [0.29, 0.717) is 0 Å². The Balaban J connectivity index is 1.96. The molecule has 26 heavy (non-hydrogen) atoms. The Hall–Kier alpha value is -3.26. The minimum Gasteiger partial charge on any atom is -0.288 e. The van der Waals surface area contributed by atoms with Gasteiger partial charge in [-0.2, -0.15) is 0 Å². The third-order valence-electron chi connectivity index (χ3n) is 5.21. The van der Waals surface area contributed by atoms with Gasteiger partial charge in [-0.1, -0.05) is 72.3 Å². The smallest absolute Gasteiger partial charge is 0.196 e. The van der Waals surface area contributed by atoms with E-state index in [0.717, 1.165) is 50.0 Å². The molecule has 0 amide bonds. The summed E-state index contributed by atoms with van der Waals surface area (Å²) in [4.78, 5) is 18.2. The largest absolute Gasteiger partial charge is 0.288 e. The van der Waals surface area contributed by atoms with Crippen molar-refractivity contribution in [2.45, 2.75) is 13.8 Å². The molecular weight excluding hydrogens is 318 g/mol. The number of aromatic nitrogens is 1. The summed E-state index contributed by atoms with van der Waals surface area (Å²) in [6.07, 6.45) is 0. The van der Waals surface area contributed by atoms with Gasteiger partial charge < -0.3 is 0 Å². The fourth-order valence-corrected chi connectivity index (χ4v) is 3.88. The SMILES string of the molecule is Cc1ccc(-c2nc3c(C)cccc3c3c2C(=O)c2ccccc2-3)cc1. The Morgan fingerprint density at radius 2 is 1.46 bits per heavy atom. The number of carbonyl (C=O) groups excluding carboxylic acids is 1. The van der Waals surface area contributed by atoms with Crippen LogP contribution in [0, 0.1) is 13.8 Å². The van der Waals surface area contributed by atoms with Gasteiger partial charge in [-0.15, -0.1) is 0 Å². The van der Waals surface area contributed by atoms with Gasteiger partial charge in [0.2, 0.25) is 0 Å². The molecule has 0 unspecified atom stereocenters. The summed E-state index contributed by atoms with van der Waals surface area (Å²) in [5.74, 6) is 0.0714. The molecule has 2 nitrogen and oxygen atoms in total. The minimum atomic E-state index is 0.0714. The summed E-state index contributed by atoms with van der Waals surface area (Å²) in [6.45, 7) is 4.14. The van der Waals surface area contributed by atoms with E-state index in [-0.39, 0.29) is 5.78 Å². The second-order valence-corrected chi connectivity index (χ2v) is 6.92. The van der Waals surface area contributed by atoms with E-state index in [2.05, 4.69) is 50.2 Å². The second kappa shape index (κ2) is 5.37. The van der Waals surface area contributed by atoms with Gasteiger partial charge in [0, 0.05) is 22.1 Å². The maximum atomic E-state index is 13.2. The van der Waals surface area contributed by atoms with Crippen LogP contribution in [0.15, 0.2) is 66.7 Å². The lowest BCUT2D eigenvalue weighted by Gasteiger charge is -2.13. The molecule has 2 heteroatoms. The summed E-state index contributed by atoms with van der Waals surface area (Å²) in [7, 11) is 0. The number of carbonyl (C=O) groups is 1. The van der Waals surface area contributed by atoms with Crippen LogP contribution < -0.4 is 0 Å². The molecule has 0 atom stereocenters. The molecule has 0 saturated carbocycles. The standard InChI is InChI=1S/C24H17NO/c1-14-10-12-16(13-11-14)23-21-20(17-7-3-4-8-18(17)24(21)26)19-9-5-6-15(2)22(19)25-23/h3-13H,1-2H3. The molecule has 124 valence electrons. The quantitative estimate of drug-likeness (QED) is 0.391. The van der Waals surface area contributed by atoms with E-state index in [1.54, 1.807) is 0 Å². The lowest BCUT2D eigenvalue weighted by atomic mass is 9.95. The van der Waals surface area contributed by atoms with E-state index >= 15 is 0 Å². The summed E-state index contributed by atoms with van der Waals surface area (Å²) < 4.78 is 0. The predicted octanol–water partition coefficient (Wildman–Crippen LogP) is 5.73. The van der Waals surface area contributed by atoms with E-state index < -0.39 is 0 Å². The van der Waals surface area contributed by atoms with Crippen LogP contribution in [0.5, 0.6) is 0 Å². The first-order valence-electron chi connectivity index (χ1n) is 8.79. The molecule has 0 radical (unpaired) electrons. The molecule has 0 bridgehead atoms. The van der Waals surface area contributed by atoms with Gasteiger partial charge in [-0.3, -0.25) is 4.79 Å². The molecule has 1 heterocycles. The Labute approximate surface area is 152 Å². The number of ketones is 1. The van der Waals surface area contributed by atoms with Crippen molar-refractivity contribution in [3.05, 3.63) is 89.0 Å². The number of nitrogens with zero attached hydrogens (tertiary/aromatic N) is 1. The molecule has 1 aliphatic rings. The number of hydrogen-bond acceptors (Lipinski definition) is 2. The summed E-state index contributed by atoms with van der Waals surface area (Å²) >= 11 is 0. The Bertz CT molecular complexity index is 1200. The zero-order valence-corrected chi connectivity index (χ0v) is 14.7. The molecule has 1 aliphatic carbocycles. The zero-order chi connectivity index (χ0) is 17.8. The summed E-state index contributed by atoms with van der Waals surface area (Å²) in [5.41, 5.74) is 8.58. The zero-order valence-electron chi connectivity index (χ0n) is 14.7. The lowest BCUT2D eigenvalue weighted by molar-refractivity contribution is 0.104. The fraction of sp³-hybridized carbons (Fsp3) is 0.0833. The molecule has 0 aliphatic heterocycles. The number of pyridine rings is 1. The van der Waals surface area contributed by atoms with Gasteiger partial charge in [-0.25, -0.2) is 4.98 Å². The van der Waals surface area contributed by atoms with Crippen LogP contribution in [0.2, 0.25) is 0 Å². The van der Waals surface area contributed by atoms with Gasteiger partial charge >= 0.3 is 0 Å². The third-order valence-corrected chi connectivity index (χ3v) is 5.21. The average Bonchev–Trinajstić information content (AvgIpc) is 2.96. The molecule has 0 fully saturated rings. The van der Waals surface area contributed by atoms with Gasteiger partial charge in [0.15, 0.2) is 5.78 Å². The highest BCUT2D eigenvalue weighted by Crippen LogP contribution is 2.45. The molecular formula is C24H17NO. The Kier molecular flexibility index (Phi) is 3.10. The Morgan fingerprint density at radius 3 is 2.23 bits per heavy atom. The number of fused-ring (bicyclic) bond motifs is 5. The highest BCUT2D eigenvalue weighted by Gasteiger charge is 2.32. The van der Waals surface area contributed by atoms with E-state index in [1.807, 2.05) is 30.3 Å². The van der Waals surface area contributed by atoms with Crippen LogP contribution in [0.4, 0.5) is 0 Å². The molecule has 0 saturated heterocycles. The second-order valence-electron chi connectivity index (χ2n) is 6.92. The summed E-state index contributed by atoms with van der Waals surface area (Å²) in [6, 6.07) is 22.3. The molecule has 4 aromatic rings. The van der Waals surface area contributed by atoms with Crippen molar-refractivity contribution < 1.29 is 4.79 Å². The number of rotatable bonds is 1. The van der Waals surface area contributed by atoms with Crippen LogP contribution in [-0.2, 0) is 0 Å². The summed E-state index contributed by atoms with van der Waals surface area (Å²) in [5, 5.41) is 1.05. The fourth-order valence-electron chi connectivity index (χ4n) is 3.88. The van der Waals surface area contributed by atoms with Gasteiger partial charge in [0.25, 0.3) is 0 Å². The first kappa shape index (κ1) is 15.0. The number of benzene rings is 3. The molecule has 5 rings (SSSR count).